The van der Waals surface area contributed by atoms with Crippen LogP contribution in [0.3, 0.4) is 0 Å². The van der Waals surface area contributed by atoms with Crippen LogP contribution >= 0.6 is 0 Å². The molecule has 0 atom stereocenters. The molecule has 0 spiro atoms. The Kier molecular flexibility index (Phi) is 5.73. The van der Waals surface area contributed by atoms with Gasteiger partial charge in [-0.05, 0) is 23.3 Å². The van der Waals surface area contributed by atoms with Crippen LogP contribution in [0.1, 0.15) is 11.1 Å². The molecule has 3 aliphatic heterocycles. The largest absolute Gasteiger partial charge is 0.616 e. The number of aromatic nitrogens is 3. The molecule has 2 fully saturated rings. The van der Waals surface area contributed by atoms with E-state index in [0.29, 0.717) is 66.9 Å². The average molecular weight is 519 g/mol. The van der Waals surface area contributed by atoms with E-state index in [4.69, 9.17) is 19.1 Å². The maximum atomic E-state index is 12.1. The number of pyridine rings is 1. The second-order valence-electron chi connectivity index (χ2n) is 9.63. The summed E-state index contributed by atoms with van der Waals surface area (Å²) < 4.78 is 23.6. The zero-order chi connectivity index (χ0) is 24.9. The summed E-state index contributed by atoms with van der Waals surface area (Å²) >= 11 is -0.710. The lowest BCUT2D eigenvalue weighted by Crippen LogP contribution is -2.39. The predicted molar refractivity (Wildman–Crippen MR) is 141 cm³/mol. The van der Waals surface area contributed by atoms with E-state index in [1.54, 1.807) is 0 Å². The maximum Gasteiger partial charge on any atom is 0.229 e. The third kappa shape index (κ3) is 4.21. The number of benzene rings is 1. The van der Waals surface area contributed by atoms with Gasteiger partial charge < -0.3 is 23.9 Å². The van der Waals surface area contributed by atoms with Crippen molar-refractivity contribution in [2.45, 2.75) is 13.0 Å². The van der Waals surface area contributed by atoms with Crippen LogP contribution in [0.4, 0.5) is 11.5 Å². The first-order valence-corrected chi connectivity index (χ1v) is 14.0. The van der Waals surface area contributed by atoms with Crippen LogP contribution in [0.15, 0.2) is 34.9 Å². The lowest BCUT2D eigenvalue weighted by molar-refractivity contribution is -0.115. The fraction of sp³-hybridized carbons (Fsp3) is 0.385. The number of morpholine rings is 1. The smallest absolute Gasteiger partial charge is 0.229 e. The molecule has 11 heteroatoms. The van der Waals surface area contributed by atoms with Crippen LogP contribution in [-0.2, 0) is 33.7 Å². The van der Waals surface area contributed by atoms with Gasteiger partial charge in [0.1, 0.15) is 17.0 Å². The number of amides is 1. The Morgan fingerprint density at radius 1 is 1.11 bits per heavy atom. The lowest BCUT2D eigenvalue weighted by atomic mass is 10.0. The van der Waals surface area contributed by atoms with E-state index in [9.17, 15) is 9.35 Å². The van der Waals surface area contributed by atoms with Crippen molar-refractivity contribution in [2.24, 2.45) is 0 Å². The van der Waals surface area contributed by atoms with E-state index >= 15 is 0 Å². The standard InChI is InChI=1S/C26H26N6O4S/c33-21-13-18-17(2-1-3-20(18)28-21)24-29-22-19-12-16(15-31-6-10-37(34)11-7-31)14-27-26(19)36-23(22)25(30-24)32-4-8-35-9-5-32/h1-3,12,14H,4-11,13,15H2,(H,28,33). The van der Waals surface area contributed by atoms with Crippen LogP contribution in [-0.4, -0.2) is 81.2 Å². The summed E-state index contributed by atoms with van der Waals surface area (Å²) in [5.74, 6) is 2.68. The molecule has 2 saturated heterocycles. The first-order chi connectivity index (χ1) is 18.1. The minimum atomic E-state index is -0.710. The highest BCUT2D eigenvalue weighted by Crippen LogP contribution is 2.37. The topological polar surface area (TPSA) is 120 Å². The van der Waals surface area contributed by atoms with Gasteiger partial charge in [0.15, 0.2) is 17.2 Å². The van der Waals surface area contributed by atoms with Gasteiger partial charge in [0.2, 0.25) is 11.6 Å². The minimum absolute atomic E-state index is 0.0268. The fourth-order valence-corrected chi connectivity index (χ4v) is 6.43. The van der Waals surface area contributed by atoms with E-state index in [1.807, 2.05) is 24.4 Å². The monoisotopic (exact) mass is 518 g/mol. The van der Waals surface area contributed by atoms with Crippen LogP contribution in [0.5, 0.6) is 0 Å². The number of nitrogens with zero attached hydrogens (tertiary/aromatic N) is 5. The highest BCUT2D eigenvalue weighted by Gasteiger charge is 2.27. The molecule has 0 unspecified atom stereocenters. The molecule has 1 amide bonds. The zero-order valence-corrected chi connectivity index (χ0v) is 21.1. The highest BCUT2D eigenvalue weighted by atomic mass is 32.2. The Morgan fingerprint density at radius 3 is 2.78 bits per heavy atom. The molecular formula is C26H26N6O4S. The second-order valence-corrected chi connectivity index (χ2v) is 11.3. The molecule has 0 bridgehead atoms. The third-order valence-electron chi connectivity index (χ3n) is 7.22. The summed E-state index contributed by atoms with van der Waals surface area (Å²) in [6.07, 6.45) is 2.15. The normalized spacial score (nSPS) is 19.1. The number of hydrogen-bond acceptors (Lipinski definition) is 9. The van der Waals surface area contributed by atoms with Gasteiger partial charge in [0.25, 0.3) is 0 Å². The number of nitrogens with one attached hydrogen (secondary N) is 1. The van der Waals surface area contributed by atoms with E-state index < -0.39 is 11.2 Å². The van der Waals surface area contributed by atoms with E-state index in [-0.39, 0.29) is 5.91 Å². The van der Waals surface area contributed by atoms with Crippen molar-refractivity contribution < 1.29 is 18.5 Å². The summed E-state index contributed by atoms with van der Waals surface area (Å²) in [6.45, 7) is 4.99. The number of ether oxygens (including phenoxy) is 1. The van der Waals surface area contributed by atoms with Crippen molar-refractivity contribution in [3.63, 3.8) is 0 Å². The Hall–Kier alpha value is -3.25. The maximum absolute atomic E-state index is 12.1. The summed E-state index contributed by atoms with van der Waals surface area (Å²) in [5, 5.41) is 3.76. The predicted octanol–water partition coefficient (Wildman–Crippen LogP) is 2.33. The van der Waals surface area contributed by atoms with Gasteiger partial charge in [0, 0.05) is 50.2 Å². The number of furan rings is 1. The molecule has 190 valence electrons. The number of carbonyl (C=O) groups excluding carboxylic acids is 1. The van der Waals surface area contributed by atoms with Crippen LogP contribution in [0.25, 0.3) is 33.6 Å². The van der Waals surface area contributed by atoms with Gasteiger partial charge in [-0.3, -0.25) is 9.69 Å². The number of anilines is 2. The molecule has 0 radical (unpaired) electrons. The van der Waals surface area contributed by atoms with Gasteiger partial charge in [-0.25, -0.2) is 15.0 Å². The molecule has 3 aromatic heterocycles. The Balaban J connectivity index is 1.36. The van der Waals surface area contributed by atoms with E-state index in [1.165, 1.54) is 0 Å². The van der Waals surface area contributed by atoms with Crippen molar-refractivity contribution >= 4 is 50.8 Å². The lowest BCUT2D eigenvalue weighted by Gasteiger charge is -2.28. The Morgan fingerprint density at radius 2 is 1.95 bits per heavy atom. The molecule has 10 nitrogen and oxygen atoms in total. The van der Waals surface area contributed by atoms with E-state index in [2.05, 4.69) is 26.2 Å². The molecule has 3 aliphatic rings. The van der Waals surface area contributed by atoms with Gasteiger partial charge in [-0.15, -0.1) is 0 Å². The number of rotatable bonds is 4. The van der Waals surface area contributed by atoms with Crippen molar-refractivity contribution in [1.82, 2.24) is 19.9 Å². The van der Waals surface area contributed by atoms with Crippen molar-refractivity contribution in [3.8, 4) is 11.4 Å². The summed E-state index contributed by atoms with van der Waals surface area (Å²) in [7, 11) is 0. The van der Waals surface area contributed by atoms with Gasteiger partial charge >= 0.3 is 0 Å². The SMILES string of the molecule is O=C1Cc2c(cccc2-c2nc(N3CCOCC3)c3oc4ncc(CN5CC[S+]([O-])CC5)cc4c3n2)N1. The first kappa shape index (κ1) is 22.9. The van der Waals surface area contributed by atoms with Gasteiger partial charge in [0.05, 0.1) is 25.0 Å². The van der Waals surface area contributed by atoms with Crippen molar-refractivity contribution in [2.75, 3.05) is 61.1 Å². The van der Waals surface area contributed by atoms with Gasteiger partial charge in [-0.2, -0.15) is 0 Å². The van der Waals surface area contributed by atoms with Crippen molar-refractivity contribution in [1.29, 1.82) is 0 Å². The molecule has 4 aromatic rings. The Labute approximate surface area is 216 Å². The van der Waals surface area contributed by atoms with Crippen LogP contribution < -0.4 is 10.2 Å². The molecular weight excluding hydrogens is 492 g/mol. The zero-order valence-electron chi connectivity index (χ0n) is 20.2. The fourth-order valence-electron chi connectivity index (χ4n) is 5.31. The molecule has 7 rings (SSSR count). The van der Waals surface area contributed by atoms with Crippen LogP contribution in [0, 0.1) is 0 Å². The number of carbonyl (C=O) groups is 1. The molecule has 1 aromatic carbocycles. The Bertz CT molecular complexity index is 1510. The molecule has 0 aliphatic carbocycles. The van der Waals surface area contributed by atoms with Crippen LogP contribution in [0.2, 0.25) is 0 Å². The molecule has 0 saturated carbocycles. The quantitative estimate of drug-likeness (QED) is 0.406. The average Bonchev–Trinajstić information content (AvgIpc) is 3.49. The molecule has 37 heavy (non-hydrogen) atoms. The minimum Gasteiger partial charge on any atom is -0.616 e. The summed E-state index contributed by atoms with van der Waals surface area (Å²) in [6, 6.07) is 7.89. The first-order valence-electron chi connectivity index (χ1n) is 12.5. The number of fused-ring (bicyclic) bond motifs is 4. The summed E-state index contributed by atoms with van der Waals surface area (Å²) in [5.41, 5.74) is 5.47. The van der Waals surface area contributed by atoms with Gasteiger partial charge in [-0.1, -0.05) is 23.3 Å². The second kappa shape index (κ2) is 9.25. The highest BCUT2D eigenvalue weighted by molar-refractivity contribution is 7.91. The third-order valence-corrected chi connectivity index (χ3v) is 8.50. The van der Waals surface area contributed by atoms with E-state index in [0.717, 1.165) is 53.2 Å². The summed E-state index contributed by atoms with van der Waals surface area (Å²) in [4.78, 5) is 31.2. The number of hydrogen-bond donors (Lipinski definition) is 1. The molecule has 6 heterocycles. The van der Waals surface area contributed by atoms with Crippen molar-refractivity contribution in [3.05, 3.63) is 41.6 Å². The molecule has 1 N–H and O–H groups in total.